The van der Waals surface area contributed by atoms with Gasteiger partial charge >= 0.3 is 0 Å². The van der Waals surface area contributed by atoms with Gasteiger partial charge in [0.05, 0.1) is 7.11 Å². The van der Waals surface area contributed by atoms with Crippen LogP contribution in [0.1, 0.15) is 65.9 Å². The SMILES string of the molecule is COc1cccc(C2CN([C@H]3CCCC[C@@H]3Oc3ccc4c(c3)CN(C3CCC(=O)NC3=O)C4=O)C2)c1. The summed E-state index contributed by atoms with van der Waals surface area (Å²) in [7, 11) is 1.71. The first-order valence-electron chi connectivity index (χ1n) is 13.3. The van der Waals surface area contributed by atoms with Crippen LogP contribution >= 0.6 is 0 Å². The molecule has 3 heterocycles. The van der Waals surface area contributed by atoms with Crippen LogP contribution in [0.15, 0.2) is 42.5 Å². The molecule has 1 N–H and O–H groups in total. The number of likely N-dealkylation sites (tertiary alicyclic amines) is 1. The van der Waals surface area contributed by atoms with Crippen molar-refractivity contribution in [3.8, 4) is 11.5 Å². The highest BCUT2D eigenvalue weighted by Crippen LogP contribution is 2.37. The number of imide groups is 1. The molecule has 3 aliphatic heterocycles. The number of rotatable bonds is 6. The predicted octanol–water partition coefficient (Wildman–Crippen LogP) is 3.25. The van der Waals surface area contributed by atoms with Crippen molar-refractivity contribution < 1.29 is 23.9 Å². The van der Waals surface area contributed by atoms with E-state index in [4.69, 9.17) is 9.47 Å². The molecular formula is C29H33N3O5. The van der Waals surface area contributed by atoms with Crippen LogP contribution in [0.2, 0.25) is 0 Å². The van der Waals surface area contributed by atoms with E-state index >= 15 is 0 Å². The summed E-state index contributed by atoms with van der Waals surface area (Å²) < 4.78 is 12.0. The Bertz CT molecular complexity index is 1220. The van der Waals surface area contributed by atoms with Gasteiger partial charge in [0.25, 0.3) is 5.91 Å². The van der Waals surface area contributed by atoms with Crippen LogP contribution in [-0.2, 0) is 16.1 Å². The molecule has 1 aliphatic carbocycles. The molecule has 0 bridgehead atoms. The van der Waals surface area contributed by atoms with Gasteiger partial charge in [-0.05, 0) is 67.1 Å². The van der Waals surface area contributed by atoms with Gasteiger partial charge in [-0.3, -0.25) is 24.6 Å². The molecule has 3 amide bonds. The molecule has 8 heteroatoms. The van der Waals surface area contributed by atoms with Gasteiger partial charge in [0, 0.05) is 43.6 Å². The minimum atomic E-state index is -0.603. The molecule has 8 nitrogen and oxygen atoms in total. The van der Waals surface area contributed by atoms with Crippen molar-refractivity contribution in [2.45, 2.75) is 69.2 Å². The van der Waals surface area contributed by atoms with E-state index in [1.54, 1.807) is 12.0 Å². The third-order valence-electron chi connectivity index (χ3n) is 8.39. The van der Waals surface area contributed by atoms with E-state index in [0.29, 0.717) is 30.5 Å². The monoisotopic (exact) mass is 503 g/mol. The number of amides is 3. The lowest BCUT2D eigenvalue weighted by Crippen LogP contribution is -2.57. The first-order chi connectivity index (χ1) is 18.0. The number of ether oxygens (including phenoxy) is 2. The second-order valence-corrected chi connectivity index (χ2v) is 10.7. The second-order valence-electron chi connectivity index (χ2n) is 10.7. The average molecular weight is 504 g/mol. The Labute approximate surface area is 216 Å². The van der Waals surface area contributed by atoms with Crippen molar-refractivity contribution in [3.63, 3.8) is 0 Å². The highest BCUT2D eigenvalue weighted by molar-refractivity contribution is 6.05. The first kappa shape index (κ1) is 24.0. The maximum atomic E-state index is 13.0. The van der Waals surface area contributed by atoms with Crippen molar-refractivity contribution in [3.05, 3.63) is 59.2 Å². The van der Waals surface area contributed by atoms with E-state index in [0.717, 1.165) is 49.4 Å². The number of nitrogens with one attached hydrogen (secondary N) is 1. The molecule has 3 atom stereocenters. The van der Waals surface area contributed by atoms with Crippen molar-refractivity contribution in [1.82, 2.24) is 15.1 Å². The molecule has 2 aromatic rings. The van der Waals surface area contributed by atoms with Crippen molar-refractivity contribution >= 4 is 17.7 Å². The minimum absolute atomic E-state index is 0.112. The van der Waals surface area contributed by atoms with Crippen LogP contribution in [0.5, 0.6) is 11.5 Å². The lowest BCUT2D eigenvalue weighted by Gasteiger charge is -2.48. The van der Waals surface area contributed by atoms with Crippen LogP contribution < -0.4 is 14.8 Å². The van der Waals surface area contributed by atoms with E-state index in [2.05, 4.69) is 28.4 Å². The zero-order valence-corrected chi connectivity index (χ0v) is 21.2. The molecule has 1 unspecified atom stereocenters. The summed E-state index contributed by atoms with van der Waals surface area (Å²) in [5.41, 5.74) is 2.82. The molecule has 3 fully saturated rings. The summed E-state index contributed by atoms with van der Waals surface area (Å²) in [6, 6.07) is 13.8. The summed E-state index contributed by atoms with van der Waals surface area (Å²) in [6.07, 6.45) is 5.24. The summed E-state index contributed by atoms with van der Waals surface area (Å²) in [5.74, 6) is 1.37. The van der Waals surface area contributed by atoms with E-state index in [1.165, 1.54) is 12.0 Å². The summed E-state index contributed by atoms with van der Waals surface area (Å²) >= 11 is 0. The number of hydrogen-bond donors (Lipinski definition) is 1. The molecule has 194 valence electrons. The maximum Gasteiger partial charge on any atom is 0.255 e. The van der Waals surface area contributed by atoms with Gasteiger partial charge in [-0.1, -0.05) is 18.6 Å². The average Bonchev–Trinajstić information content (AvgIpc) is 3.19. The standard InChI is InChI=1S/C29H33N3O5/c1-36-21-6-4-5-18(13-21)20-15-31(16-20)24-7-2-3-8-26(24)37-22-9-10-23-19(14-22)17-32(29(23)35)25-11-12-27(33)30-28(25)34/h4-6,9-10,13-14,20,24-26H,2-3,7-8,11-12,15-17H2,1H3,(H,30,33,34)/t24-,25?,26-/m0/s1. The fourth-order valence-electron chi connectivity index (χ4n) is 6.32. The lowest BCUT2D eigenvalue weighted by molar-refractivity contribution is -0.136. The van der Waals surface area contributed by atoms with Gasteiger partial charge < -0.3 is 14.4 Å². The van der Waals surface area contributed by atoms with Gasteiger partial charge in [-0.2, -0.15) is 0 Å². The molecule has 6 rings (SSSR count). The molecule has 0 radical (unpaired) electrons. The molecule has 2 saturated heterocycles. The van der Waals surface area contributed by atoms with Gasteiger partial charge in [-0.15, -0.1) is 0 Å². The van der Waals surface area contributed by atoms with Crippen LogP contribution in [0, 0.1) is 0 Å². The second kappa shape index (κ2) is 9.82. The normalized spacial score (nSPS) is 26.5. The number of carbonyl (C=O) groups is 3. The van der Waals surface area contributed by atoms with E-state index in [-0.39, 0.29) is 30.2 Å². The minimum Gasteiger partial charge on any atom is -0.497 e. The Balaban J connectivity index is 1.11. The Hall–Kier alpha value is -3.39. The number of fused-ring (bicyclic) bond motifs is 1. The predicted molar refractivity (Wildman–Crippen MR) is 136 cm³/mol. The van der Waals surface area contributed by atoms with Crippen molar-refractivity contribution in [1.29, 1.82) is 0 Å². The number of nitrogens with zero attached hydrogens (tertiary/aromatic N) is 2. The fraction of sp³-hybridized carbons (Fsp3) is 0.483. The topological polar surface area (TPSA) is 88.2 Å². The van der Waals surface area contributed by atoms with Crippen molar-refractivity contribution in [2.75, 3.05) is 20.2 Å². The first-order valence-corrected chi connectivity index (χ1v) is 13.3. The Morgan fingerprint density at radius 1 is 0.946 bits per heavy atom. The molecule has 1 saturated carbocycles. The lowest BCUT2D eigenvalue weighted by atomic mass is 9.84. The highest BCUT2D eigenvalue weighted by atomic mass is 16.5. The third kappa shape index (κ3) is 4.59. The summed E-state index contributed by atoms with van der Waals surface area (Å²) in [5, 5.41) is 2.36. The van der Waals surface area contributed by atoms with Crippen molar-refractivity contribution in [2.24, 2.45) is 0 Å². The maximum absolute atomic E-state index is 13.0. The number of benzene rings is 2. The molecule has 4 aliphatic rings. The van der Waals surface area contributed by atoms with Crippen LogP contribution in [0.25, 0.3) is 0 Å². The van der Waals surface area contributed by atoms with Crippen LogP contribution in [0.4, 0.5) is 0 Å². The van der Waals surface area contributed by atoms with Gasteiger partial charge in [-0.25, -0.2) is 0 Å². The quantitative estimate of drug-likeness (QED) is 0.609. The number of piperidine rings is 1. The molecule has 37 heavy (non-hydrogen) atoms. The largest absolute Gasteiger partial charge is 0.497 e. The summed E-state index contributed by atoms with van der Waals surface area (Å²) in [4.78, 5) is 41.0. The third-order valence-corrected chi connectivity index (χ3v) is 8.39. The Morgan fingerprint density at radius 3 is 2.59 bits per heavy atom. The number of hydrogen-bond acceptors (Lipinski definition) is 6. The van der Waals surface area contributed by atoms with E-state index in [9.17, 15) is 14.4 Å². The molecule has 0 spiro atoms. The smallest absolute Gasteiger partial charge is 0.255 e. The summed E-state index contributed by atoms with van der Waals surface area (Å²) in [6.45, 7) is 2.41. The fourth-order valence-corrected chi connectivity index (χ4v) is 6.32. The Kier molecular flexibility index (Phi) is 6.36. The zero-order chi connectivity index (χ0) is 25.5. The van der Waals surface area contributed by atoms with Gasteiger partial charge in [0.1, 0.15) is 23.6 Å². The molecular weight excluding hydrogens is 470 g/mol. The molecule has 2 aromatic carbocycles. The number of methoxy groups -OCH3 is 1. The van der Waals surface area contributed by atoms with Crippen LogP contribution in [-0.4, -0.2) is 65.9 Å². The highest BCUT2D eigenvalue weighted by Gasteiger charge is 2.41. The zero-order valence-electron chi connectivity index (χ0n) is 21.2. The van der Waals surface area contributed by atoms with Gasteiger partial charge in [0.15, 0.2) is 0 Å². The molecule has 0 aromatic heterocycles. The Morgan fingerprint density at radius 2 is 1.78 bits per heavy atom. The van der Waals surface area contributed by atoms with Crippen LogP contribution in [0.3, 0.4) is 0 Å². The van der Waals surface area contributed by atoms with E-state index in [1.807, 2.05) is 24.3 Å². The van der Waals surface area contributed by atoms with Gasteiger partial charge in [0.2, 0.25) is 11.8 Å². The number of carbonyl (C=O) groups excluding carboxylic acids is 3. The van der Waals surface area contributed by atoms with E-state index < -0.39 is 6.04 Å².